The van der Waals surface area contributed by atoms with E-state index in [-0.39, 0.29) is 11.9 Å². The highest BCUT2D eigenvalue weighted by Gasteiger charge is 2.31. The van der Waals surface area contributed by atoms with Crippen molar-refractivity contribution >= 4 is 17.5 Å². The molecule has 8 heteroatoms. The molecular weight excluding hydrogens is 446 g/mol. The van der Waals surface area contributed by atoms with E-state index in [4.69, 9.17) is 17.3 Å². The molecule has 1 aliphatic heterocycles. The van der Waals surface area contributed by atoms with Crippen LogP contribution in [0.4, 0.5) is 8.78 Å². The zero-order valence-electron chi connectivity index (χ0n) is 19.3. The first-order valence-corrected chi connectivity index (χ1v) is 11.9. The predicted molar refractivity (Wildman–Crippen MR) is 128 cm³/mol. The molecule has 33 heavy (non-hydrogen) atoms. The van der Waals surface area contributed by atoms with Crippen LogP contribution < -0.4 is 5.73 Å². The largest absolute Gasteiger partial charge is 0.339 e. The molecule has 1 heterocycles. The number of likely N-dealkylation sites (N-methyl/N-ethyl adjacent to an activating group) is 1. The summed E-state index contributed by atoms with van der Waals surface area (Å²) in [5.41, 5.74) is 7.66. The smallest absolute Gasteiger partial charge is 0.239 e. The molecule has 5 nitrogen and oxygen atoms in total. The molecule has 1 aliphatic rings. The molecule has 0 spiro atoms. The van der Waals surface area contributed by atoms with Crippen LogP contribution >= 0.6 is 11.6 Å². The number of halogens is 3. The van der Waals surface area contributed by atoms with E-state index < -0.39 is 17.7 Å². The summed E-state index contributed by atoms with van der Waals surface area (Å²) in [6, 6.07) is 10.3. The Morgan fingerprint density at radius 3 is 2.27 bits per heavy atom. The Kier molecular flexibility index (Phi) is 9.20. The summed E-state index contributed by atoms with van der Waals surface area (Å²) in [4.78, 5) is 19.1. The number of amides is 1. The van der Waals surface area contributed by atoms with Gasteiger partial charge in [0.05, 0.1) is 12.1 Å². The lowest BCUT2D eigenvalue weighted by Crippen LogP contribution is -2.55. The van der Waals surface area contributed by atoms with E-state index in [1.807, 2.05) is 12.1 Å². The molecule has 2 aromatic carbocycles. The number of benzene rings is 2. The van der Waals surface area contributed by atoms with Gasteiger partial charge in [0, 0.05) is 49.4 Å². The lowest BCUT2D eigenvalue weighted by Gasteiger charge is -2.41. The Hall–Kier alpha value is -2.06. The Balaban J connectivity index is 1.66. The second-order valence-electron chi connectivity index (χ2n) is 8.47. The van der Waals surface area contributed by atoms with Gasteiger partial charge in [-0.05, 0) is 43.3 Å². The molecule has 2 aromatic rings. The number of hydrogen-bond donors (Lipinski definition) is 1. The van der Waals surface area contributed by atoms with Gasteiger partial charge in [0.15, 0.2) is 0 Å². The van der Waals surface area contributed by atoms with Gasteiger partial charge in [-0.15, -0.1) is 0 Å². The van der Waals surface area contributed by atoms with Crippen molar-refractivity contribution < 1.29 is 13.6 Å². The molecule has 0 aliphatic carbocycles. The molecule has 2 atom stereocenters. The number of carbonyl (C=O) groups is 1. The third kappa shape index (κ3) is 6.73. The zero-order chi connectivity index (χ0) is 24.0. The molecule has 0 radical (unpaired) electrons. The van der Waals surface area contributed by atoms with Crippen LogP contribution in [0.5, 0.6) is 0 Å². The second kappa shape index (κ2) is 11.9. The molecule has 2 N–H and O–H groups in total. The minimum Gasteiger partial charge on any atom is -0.339 e. The van der Waals surface area contributed by atoms with Crippen LogP contribution in [-0.4, -0.2) is 72.5 Å². The van der Waals surface area contributed by atoms with E-state index in [2.05, 4.69) is 23.6 Å². The average Bonchev–Trinajstić information content (AvgIpc) is 2.82. The van der Waals surface area contributed by atoms with Crippen LogP contribution in [0, 0.1) is 11.6 Å². The predicted octanol–water partition coefficient (Wildman–Crippen LogP) is 3.72. The molecule has 180 valence electrons. The molecule has 0 saturated carbocycles. The van der Waals surface area contributed by atoms with Gasteiger partial charge >= 0.3 is 0 Å². The summed E-state index contributed by atoms with van der Waals surface area (Å²) in [5, 5.41) is 0.645. The van der Waals surface area contributed by atoms with E-state index >= 15 is 0 Å². The highest BCUT2D eigenvalue weighted by Crippen LogP contribution is 2.27. The summed E-state index contributed by atoms with van der Waals surface area (Å²) in [5.74, 6) is -1.20. The number of nitrogens with two attached hydrogens (primary N) is 1. The Labute approximate surface area is 200 Å². The first-order valence-electron chi connectivity index (χ1n) is 11.5. The van der Waals surface area contributed by atoms with E-state index in [1.165, 1.54) is 6.07 Å². The maximum absolute atomic E-state index is 14.7. The van der Waals surface area contributed by atoms with Gasteiger partial charge in [0.1, 0.15) is 11.6 Å². The van der Waals surface area contributed by atoms with Crippen molar-refractivity contribution in [3.05, 3.63) is 70.2 Å². The number of carbonyl (C=O) groups excluding carboxylic acids is 1. The summed E-state index contributed by atoms with van der Waals surface area (Å²) >= 11 is 5.93. The van der Waals surface area contributed by atoms with Gasteiger partial charge in [0.25, 0.3) is 0 Å². The minimum absolute atomic E-state index is 0.0853. The van der Waals surface area contributed by atoms with Crippen LogP contribution in [0.2, 0.25) is 5.02 Å². The fraction of sp³-hybridized carbons (Fsp3) is 0.480. The number of piperazine rings is 1. The first-order chi connectivity index (χ1) is 15.8. The van der Waals surface area contributed by atoms with Gasteiger partial charge in [-0.3, -0.25) is 9.69 Å². The van der Waals surface area contributed by atoms with Crippen molar-refractivity contribution in [2.75, 3.05) is 45.8 Å². The SMILES string of the molecule is CCN(CC)CC(c1ccc(F)cc1F)N1CCN(C(=O)C(N)Cc2ccc(Cl)cc2)CC1. The molecule has 1 amide bonds. The van der Waals surface area contributed by atoms with Crippen molar-refractivity contribution in [2.24, 2.45) is 5.73 Å². The molecule has 2 unspecified atom stereocenters. The van der Waals surface area contributed by atoms with Crippen molar-refractivity contribution in [1.82, 2.24) is 14.7 Å². The van der Waals surface area contributed by atoms with Gasteiger partial charge in [0.2, 0.25) is 5.91 Å². The van der Waals surface area contributed by atoms with Crippen molar-refractivity contribution in [2.45, 2.75) is 32.4 Å². The van der Waals surface area contributed by atoms with Crippen LogP contribution in [0.1, 0.15) is 31.0 Å². The topological polar surface area (TPSA) is 52.8 Å². The number of rotatable bonds is 9. The van der Waals surface area contributed by atoms with Crippen LogP contribution in [0.25, 0.3) is 0 Å². The molecule has 1 saturated heterocycles. The summed E-state index contributed by atoms with van der Waals surface area (Å²) < 4.78 is 28.2. The van der Waals surface area contributed by atoms with Crippen LogP contribution in [0.3, 0.4) is 0 Å². The second-order valence-corrected chi connectivity index (χ2v) is 8.90. The zero-order valence-corrected chi connectivity index (χ0v) is 20.1. The maximum Gasteiger partial charge on any atom is 0.239 e. The van der Waals surface area contributed by atoms with E-state index in [1.54, 1.807) is 23.1 Å². The van der Waals surface area contributed by atoms with E-state index in [0.717, 1.165) is 24.7 Å². The highest BCUT2D eigenvalue weighted by molar-refractivity contribution is 6.30. The standard InChI is InChI=1S/C25H33ClF2N4O/c1-3-30(4-2)17-24(21-10-9-20(27)16-22(21)28)31-11-13-32(14-12-31)25(33)23(29)15-18-5-7-19(26)8-6-18/h5-10,16,23-24H,3-4,11-15,17,29H2,1-2H3. The highest BCUT2D eigenvalue weighted by atomic mass is 35.5. The third-order valence-electron chi connectivity index (χ3n) is 6.40. The average molecular weight is 479 g/mol. The normalized spacial score (nSPS) is 16.8. The summed E-state index contributed by atoms with van der Waals surface area (Å²) in [6.45, 7) is 8.70. The van der Waals surface area contributed by atoms with E-state index in [9.17, 15) is 13.6 Å². The van der Waals surface area contributed by atoms with Gasteiger partial charge < -0.3 is 15.5 Å². The van der Waals surface area contributed by atoms with E-state index in [0.29, 0.717) is 49.7 Å². The molecule has 0 aromatic heterocycles. The number of nitrogens with zero attached hydrogens (tertiary/aromatic N) is 3. The van der Waals surface area contributed by atoms with Gasteiger partial charge in [-0.1, -0.05) is 43.6 Å². The Morgan fingerprint density at radius 1 is 1.06 bits per heavy atom. The fourth-order valence-corrected chi connectivity index (χ4v) is 4.48. The lowest BCUT2D eigenvalue weighted by molar-refractivity contribution is -0.134. The van der Waals surface area contributed by atoms with Crippen molar-refractivity contribution in [3.8, 4) is 0 Å². The Bertz CT molecular complexity index is 915. The van der Waals surface area contributed by atoms with Crippen LogP contribution in [-0.2, 0) is 11.2 Å². The van der Waals surface area contributed by atoms with Crippen LogP contribution in [0.15, 0.2) is 42.5 Å². The fourth-order valence-electron chi connectivity index (χ4n) is 4.36. The monoisotopic (exact) mass is 478 g/mol. The van der Waals surface area contributed by atoms with Gasteiger partial charge in [-0.2, -0.15) is 0 Å². The quantitative estimate of drug-likeness (QED) is 0.597. The molecular formula is C25H33ClF2N4O. The number of hydrogen-bond acceptors (Lipinski definition) is 4. The Morgan fingerprint density at radius 2 is 1.70 bits per heavy atom. The minimum atomic E-state index is -0.626. The van der Waals surface area contributed by atoms with Crippen molar-refractivity contribution in [3.63, 3.8) is 0 Å². The molecule has 1 fully saturated rings. The first kappa shape index (κ1) is 25.6. The maximum atomic E-state index is 14.7. The van der Waals surface area contributed by atoms with Gasteiger partial charge in [-0.25, -0.2) is 8.78 Å². The molecule has 0 bridgehead atoms. The van der Waals surface area contributed by atoms with Crippen molar-refractivity contribution in [1.29, 1.82) is 0 Å². The lowest BCUT2D eigenvalue weighted by atomic mass is 10.0. The molecule has 3 rings (SSSR count). The third-order valence-corrected chi connectivity index (χ3v) is 6.65. The summed E-state index contributed by atoms with van der Waals surface area (Å²) in [7, 11) is 0. The summed E-state index contributed by atoms with van der Waals surface area (Å²) in [6.07, 6.45) is 0.446.